The summed E-state index contributed by atoms with van der Waals surface area (Å²) in [6.45, 7) is 0.355. The van der Waals surface area contributed by atoms with Crippen molar-refractivity contribution in [1.82, 2.24) is 4.57 Å². The van der Waals surface area contributed by atoms with Crippen LogP contribution in [0.4, 0.5) is 5.69 Å². The van der Waals surface area contributed by atoms with Crippen LogP contribution in [-0.4, -0.2) is 4.57 Å². The van der Waals surface area contributed by atoms with Crippen LogP contribution in [0, 0.1) is 11.3 Å². The van der Waals surface area contributed by atoms with Crippen molar-refractivity contribution in [3.63, 3.8) is 0 Å². The molecule has 0 saturated carbocycles. The predicted octanol–water partition coefficient (Wildman–Crippen LogP) is 1.35. The fourth-order valence-electron chi connectivity index (χ4n) is 1.66. The molecule has 84 valence electrons. The fourth-order valence-corrected chi connectivity index (χ4v) is 1.66. The van der Waals surface area contributed by atoms with E-state index in [1.165, 1.54) is 10.6 Å². The fraction of sp³-hybridized carbons (Fsp3) is 0.0769. The molecule has 0 aliphatic heterocycles. The highest BCUT2D eigenvalue weighted by molar-refractivity contribution is 5.57. The Balaban J connectivity index is 2.45. The van der Waals surface area contributed by atoms with Crippen LogP contribution in [-0.2, 0) is 6.54 Å². The Hall–Kier alpha value is -2.54. The van der Waals surface area contributed by atoms with Gasteiger partial charge in [-0.05, 0) is 17.7 Å². The second kappa shape index (κ2) is 4.54. The van der Waals surface area contributed by atoms with Crippen molar-refractivity contribution in [1.29, 1.82) is 5.26 Å². The van der Waals surface area contributed by atoms with E-state index < -0.39 is 0 Å². The molecule has 2 rings (SSSR count). The van der Waals surface area contributed by atoms with Gasteiger partial charge in [-0.15, -0.1) is 0 Å². The van der Waals surface area contributed by atoms with E-state index in [1.807, 2.05) is 0 Å². The Morgan fingerprint density at radius 3 is 2.76 bits per heavy atom. The lowest BCUT2D eigenvalue weighted by Gasteiger charge is -2.08. The summed E-state index contributed by atoms with van der Waals surface area (Å²) in [7, 11) is 0. The number of nitrogens with zero attached hydrogens (tertiary/aromatic N) is 2. The zero-order chi connectivity index (χ0) is 12.3. The maximum absolute atomic E-state index is 11.6. The average molecular weight is 225 g/mol. The minimum Gasteiger partial charge on any atom is -0.398 e. The van der Waals surface area contributed by atoms with Crippen molar-refractivity contribution in [2.45, 2.75) is 6.54 Å². The minimum atomic E-state index is -0.0983. The number of pyridine rings is 1. The normalized spacial score (nSPS) is 9.82. The summed E-state index contributed by atoms with van der Waals surface area (Å²) in [5.41, 5.74) is 7.24. The van der Waals surface area contributed by atoms with Gasteiger partial charge in [0, 0.05) is 18.0 Å². The number of nitriles is 1. The van der Waals surface area contributed by atoms with E-state index in [2.05, 4.69) is 6.07 Å². The Morgan fingerprint density at radius 1 is 1.24 bits per heavy atom. The second-order valence-corrected chi connectivity index (χ2v) is 3.66. The van der Waals surface area contributed by atoms with Gasteiger partial charge in [0.25, 0.3) is 5.56 Å². The summed E-state index contributed by atoms with van der Waals surface area (Å²) < 4.78 is 1.54. The largest absolute Gasteiger partial charge is 0.398 e. The number of nitrogens with two attached hydrogens (primary N) is 1. The molecule has 1 aromatic carbocycles. The molecule has 4 heteroatoms. The van der Waals surface area contributed by atoms with Gasteiger partial charge in [0.15, 0.2) is 0 Å². The van der Waals surface area contributed by atoms with Crippen molar-refractivity contribution < 1.29 is 0 Å². The molecule has 0 saturated heterocycles. The SMILES string of the molecule is N#Cc1c(N)cccc1Cn1ccccc1=O. The molecule has 0 radical (unpaired) electrons. The van der Waals surface area contributed by atoms with Crippen LogP contribution in [0.25, 0.3) is 0 Å². The number of hydrogen-bond acceptors (Lipinski definition) is 3. The zero-order valence-electron chi connectivity index (χ0n) is 9.13. The van der Waals surface area contributed by atoms with Gasteiger partial charge in [-0.2, -0.15) is 5.26 Å². The molecule has 1 aromatic heterocycles. The molecule has 0 spiro atoms. The molecule has 17 heavy (non-hydrogen) atoms. The summed E-state index contributed by atoms with van der Waals surface area (Å²) in [5, 5.41) is 9.03. The van der Waals surface area contributed by atoms with Crippen LogP contribution in [0.1, 0.15) is 11.1 Å². The third kappa shape index (κ3) is 2.18. The van der Waals surface area contributed by atoms with Gasteiger partial charge < -0.3 is 10.3 Å². The molecule has 0 aliphatic carbocycles. The highest BCUT2D eigenvalue weighted by Crippen LogP contribution is 2.16. The summed E-state index contributed by atoms with van der Waals surface area (Å²) >= 11 is 0. The number of hydrogen-bond donors (Lipinski definition) is 1. The molecule has 0 aliphatic rings. The van der Waals surface area contributed by atoms with Crippen LogP contribution in [0.15, 0.2) is 47.4 Å². The third-order valence-corrected chi connectivity index (χ3v) is 2.53. The lowest BCUT2D eigenvalue weighted by Crippen LogP contribution is -2.19. The number of nitrogen functional groups attached to an aromatic ring is 1. The zero-order valence-corrected chi connectivity index (χ0v) is 9.13. The summed E-state index contributed by atoms with van der Waals surface area (Å²) in [5.74, 6) is 0. The molecule has 2 aromatic rings. The van der Waals surface area contributed by atoms with Gasteiger partial charge in [-0.25, -0.2) is 0 Å². The topological polar surface area (TPSA) is 71.8 Å². The predicted molar refractivity (Wildman–Crippen MR) is 65.4 cm³/mol. The van der Waals surface area contributed by atoms with Crippen LogP contribution >= 0.6 is 0 Å². The van der Waals surface area contributed by atoms with Crippen molar-refractivity contribution in [3.05, 3.63) is 64.1 Å². The average Bonchev–Trinajstić information content (AvgIpc) is 2.32. The van der Waals surface area contributed by atoms with Gasteiger partial charge in [-0.3, -0.25) is 4.79 Å². The van der Waals surface area contributed by atoms with E-state index in [0.29, 0.717) is 17.8 Å². The second-order valence-electron chi connectivity index (χ2n) is 3.66. The van der Waals surface area contributed by atoms with E-state index in [9.17, 15) is 4.79 Å². The quantitative estimate of drug-likeness (QED) is 0.784. The first-order valence-electron chi connectivity index (χ1n) is 5.15. The molecule has 0 unspecified atom stereocenters. The lowest BCUT2D eigenvalue weighted by molar-refractivity contribution is 0.758. The van der Waals surface area contributed by atoms with E-state index in [0.717, 1.165) is 5.56 Å². The van der Waals surface area contributed by atoms with Gasteiger partial charge in [-0.1, -0.05) is 18.2 Å². The maximum atomic E-state index is 11.6. The number of aromatic nitrogens is 1. The molecule has 0 atom stereocenters. The van der Waals surface area contributed by atoms with Crippen molar-refractivity contribution in [3.8, 4) is 6.07 Å². The molecule has 1 heterocycles. The Bertz CT molecular complexity index is 638. The van der Waals surface area contributed by atoms with Crippen LogP contribution in [0.2, 0.25) is 0 Å². The van der Waals surface area contributed by atoms with E-state index >= 15 is 0 Å². The molecular formula is C13H11N3O. The maximum Gasteiger partial charge on any atom is 0.250 e. The third-order valence-electron chi connectivity index (χ3n) is 2.53. The van der Waals surface area contributed by atoms with Gasteiger partial charge in [0.1, 0.15) is 6.07 Å². The first kappa shape index (κ1) is 11.0. The van der Waals surface area contributed by atoms with Gasteiger partial charge in [0.2, 0.25) is 0 Å². The van der Waals surface area contributed by atoms with Crippen molar-refractivity contribution >= 4 is 5.69 Å². The first-order chi connectivity index (χ1) is 8.22. The lowest BCUT2D eigenvalue weighted by atomic mass is 10.1. The molecule has 2 N–H and O–H groups in total. The van der Waals surface area contributed by atoms with Crippen molar-refractivity contribution in [2.75, 3.05) is 5.73 Å². The molecule has 0 bridgehead atoms. The van der Waals surface area contributed by atoms with E-state index in [1.54, 1.807) is 36.5 Å². The number of benzene rings is 1. The molecule has 0 amide bonds. The highest BCUT2D eigenvalue weighted by atomic mass is 16.1. The van der Waals surface area contributed by atoms with E-state index in [4.69, 9.17) is 11.0 Å². The minimum absolute atomic E-state index is 0.0983. The molecule has 4 nitrogen and oxygen atoms in total. The standard InChI is InChI=1S/C13H11N3O/c14-8-11-10(4-3-5-12(11)15)9-16-7-2-1-6-13(16)17/h1-7H,9,15H2. The van der Waals surface area contributed by atoms with Crippen molar-refractivity contribution in [2.24, 2.45) is 0 Å². The Labute approximate surface area is 98.5 Å². The number of rotatable bonds is 2. The van der Waals surface area contributed by atoms with Gasteiger partial charge in [0.05, 0.1) is 12.1 Å². The molecule has 0 fully saturated rings. The first-order valence-corrected chi connectivity index (χ1v) is 5.15. The van der Waals surface area contributed by atoms with Crippen LogP contribution < -0.4 is 11.3 Å². The summed E-state index contributed by atoms with van der Waals surface area (Å²) in [4.78, 5) is 11.6. The number of anilines is 1. The Kier molecular flexibility index (Phi) is 2.93. The van der Waals surface area contributed by atoms with E-state index in [-0.39, 0.29) is 5.56 Å². The van der Waals surface area contributed by atoms with Crippen LogP contribution in [0.5, 0.6) is 0 Å². The smallest absolute Gasteiger partial charge is 0.250 e. The van der Waals surface area contributed by atoms with Gasteiger partial charge >= 0.3 is 0 Å². The monoisotopic (exact) mass is 225 g/mol. The van der Waals surface area contributed by atoms with Crippen LogP contribution in [0.3, 0.4) is 0 Å². The summed E-state index contributed by atoms with van der Waals surface area (Å²) in [6, 6.07) is 12.3. The summed E-state index contributed by atoms with van der Waals surface area (Å²) in [6.07, 6.45) is 1.69. The molecular weight excluding hydrogens is 214 g/mol. The Morgan fingerprint density at radius 2 is 2.06 bits per heavy atom. The highest BCUT2D eigenvalue weighted by Gasteiger charge is 2.06.